The van der Waals surface area contributed by atoms with Crippen molar-refractivity contribution < 1.29 is 13.2 Å². The van der Waals surface area contributed by atoms with Crippen molar-refractivity contribution in [2.75, 3.05) is 10.0 Å². The molecular formula is C9H9N7O3S2. The Labute approximate surface area is 123 Å². The summed E-state index contributed by atoms with van der Waals surface area (Å²) < 4.78 is 27.4. The summed E-state index contributed by atoms with van der Waals surface area (Å²) in [5.74, 6) is -0.366. The minimum atomic E-state index is -4.02. The molecule has 0 saturated heterocycles. The summed E-state index contributed by atoms with van der Waals surface area (Å²) in [6.07, 6.45) is 1.24. The lowest BCUT2D eigenvalue weighted by Crippen LogP contribution is -2.16. The maximum atomic E-state index is 12.2. The van der Waals surface area contributed by atoms with Gasteiger partial charge in [-0.3, -0.25) is 14.2 Å². The average Bonchev–Trinajstić information content (AvgIpc) is 2.97. The predicted octanol–water partition coefficient (Wildman–Crippen LogP) is -0.0975. The van der Waals surface area contributed by atoms with E-state index in [1.165, 1.54) is 24.9 Å². The van der Waals surface area contributed by atoms with Crippen LogP contribution in [0.15, 0.2) is 10.5 Å². The van der Waals surface area contributed by atoms with Gasteiger partial charge in [0.2, 0.25) is 11.0 Å². The maximum absolute atomic E-state index is 12.2. The van der Waals surface area contributed by atoms with E-state index in [4.69, 9.17) is 5.26 Å². The standard InChI is InChI=1S/C9H9N7O3S2/c1-5(17)12-8-13-14-9(20-8)21(18,19)15-7-6(3-10)4-11-16(7)2/h4,15H,1-2H3,(H,12,13,17). The van der Waals surface area contributed by atoms with Gasteiger partial charge in [-0.25, -0.2) is 0 Å². The smallest absolute Gasteiger partial charge is 0.292 e. The van der Waals surface area contributed by atoms with Gasteiger partial charge in [-0.1, -0.05) is 11.3 Å². The van der Waals surface area contributed by atoms with Crippen LogP contribution in [0.2, 0.25) is 0 Å². The zero-order valence-corrected chi connectivity index (χ0v) is 12.5. The summed E-state index contributed by atoms with van der Waals surface area (Å²) in [5, 5.41) is 22.1. The second-order valence-electron chi connectivity index (χ2n) is 3.80. The summed E-state index contributed by atoms with van der Waals surface area (Å²) >= 11 is 0.692. The number of aryl methyl sites for hydroxylation is 1. The third-order valence-corrected chi connectivity index (χ3v) is 4.75. The number of nitrogens with one attached hydrogen (secondary N) is 2. The minimum absolute atomic E-state index is 0.0220. The molecule has 21 heavy (non-hydrogen) atoms. The number of nitriles is 1. The number of nitrogens with zero attached hydrogens (tertiary/aromatic N) is 5. The Balaban J connectivity index is 2.30. The second-order valence-corrected chi connectivity index (χ2v) is 6.64. The van der Waals surface area contributed by atoms with Gasteiger partial charge in [-0.05, 0) is 0 Å². The molecule has 0 unspecified atom stereocenters. The molecule has 2 N–H and O–H groups in total. The first-order chi connectivity index (χ1) is 9.83. The average molecular weight is 327 g/mol. The van der Waals surface area contributed by atoms with Gasteiger partial charge in [0.05, 0.1) is 6.20 Å². The molecule has 0 spiro atoms. The fourth-order valence-corrected chi connectivity index (χ4v) is 3.39. The number of hydrogen-bond donors (Lipinski definition) is 2. The first-order valence-corrected chi connectivity index (χ1v) is 7.69. The van der Waals surface area contributed by atoms with Gasteiger partial charge in [-0.15, -0.1) is 10.2 Å². The van der Waals surface area contributed by atoms with Gasteiger partial charge in [0.1, 0.15) is 11.6 Å². The molecule has 2 rings (SSSR count). The van der Waals surface area contributed by atoms with E-state index in [2.05, 4.69) is 25.3 Å². The maximum Gasteiger partial charge on any atom is 0.292 e. The van der Waals surface area contributed by atoms with E-state index in [9.17, 15) is 13.2 Å². The van der Waals surface area contributed by atoms with Crippen LogP contribution in [0.4, 0.5) is 10.9 Å². The monoisotopic (exact) mass is 327 g/mol. The van der Waals surface area contributed by atoms with Crippen LogP contribution in [-0.4, -0.2) is 34.3 Å². The number of aromatic nitrogens is 4. The molecule has 2 heterocycles. The molecule has 0 aliphatic carbocycles. The first-order valence-electron chi connectivity index (χ1n) is 5.39. The SMILES string of the molecule is CC(=O)Nc1nnc(S(=O)(=O)Nc2c(C#N)cnn2C)s1. The van der Waals surface area contributed by atoms with Crippen molar-refractivity contribution in [3.8, 4) is 6.07 Å². The molecule has 0 saturated carbocycles. The number of amides is 1. The number of rotatable bonds is 4. The van der Waals surface area contributed by atoms with Crippen molar-refractivity contribution in [2.24, 2.45) is 7.05 Å². The molecule has 2 aromatic heterocycles. The number of sulfonamides is 1. The quantitative estimate of drug-likeness (QED) is 0.746. The van der Waals surface area contributed by atoms with Crippen molar-refractivity contribution >= 4 is 38.2 Å². The lowest BCUT2D eigenvalue weighted by molar-refractivity contribution is -0.114. The second kappa shape index (κ2) is 5.46. The van der Waals surface area contributed by atoms with Gasteiger partial charge >= 0.3 is 0 Å². The van der Waals surface area contributed by atoms with E-state index in [1.807, 2.05) is 6.07 Å². The summed E-state index contributed by atoms with van der Waals surface area (Å²) in [4.78, 5) is 10.9. The highest BCUT2D eigenvalue weighted by Crippen LogP contribution is 2.23. The van der Waals surface area contributed by atoms with E-state index >= 15 is 0 Å². The number of anilines is 2. The topological polar surface area (TPSA) is 143 Å². The Hall–Kier alpha value is -2.52. The van der Waals surface area contributed by atoms with Crippen LogP contribution in [0.1, 0.15) is 12.5 Å². The molecule has 2 aromatic rings. The third-order valence-electron chi connectivity index (χ3n) is 2.21. The number of carbonyl (C=O) groups excluding carboxylic acids is 1. The van der Waals surface area contributed by atoms with E-state index in [1.54, 1.807) is 0 Å². The van der Waals surface area contributed by atoms with Crippen molar-refractivity contribution in [3.05, 3.63) is 11.8 Å². The fraction of sp³-hybridized carbons (Fsp3) is 0.222. The highest BCUT2D eigenvalue weighted by Gasteiger charge is 2.23. The molecular weight excluding hydrogens is 318 g/mol. The van der Waals surface area contributed by atoms with Gasteiger partial charge < -0.3 is 5.32 Å². The Morgan fingerprint density at radius 3 is 2.81 bits per heavy atom. The Morgan fingerprint density at radius 2 is 2.19 bits per heavy atom. The first kappa shape index (κ1) is 14.9. The molecule has 0 radical (unpaired) electrons. The van der Waals surface area contributed by atoms with E-state index in [0.717, 1.165) is 0 Å². The summed E-state index contributed by atoms with van der Waals surface area (Å²) in [5.41, 5.74) is 0.0766. The largest absolute Gasteiger partial charge is 0.301 e. The van der Waals surface area contributed by atoms with Crippen LogP contribution in [-0.2, 0) is 21.9 Å². The van der Waals surface area contributed by atoms with Gasteiger partial charge in [0, 0.05) is 14.0 Å². The Bertz CT molecular complexity index is 830. The number of hydrogen-bond acceptors (Lipinski definition) is 8. The lowest BCUT2D eigenvalue weighted by atomic mass is 10.4. The van der Waals surface area contributed by atoms with Crippen LogP contribution in [0.5, 0.6) is 0 Å². The van der Waals surface area contributed by atoms with Gasteiger partial charge in [0.15, 0.2) is 5.82 Å². The lowest BCUT2D eigenvalue weighted by Gasteiger charge is -2.05. The highest BCUT2D eigenvalue weighted by atomic mass is 32.2. The predicted molar refractivity (Wildman–Crippen MR) is 72.9 cm³/mol. The van der Waals surface area contributed by atoms with Crippen molar-refractivity contribution in [1.29, 1.82) is 5.26 Å². The van der Waals surface area contributed by atoms with E-state index in [-0.39, 0.29) is 26.8 Å². The Morgan fingerprint density at radius 1 is 1.48 bits per heavy atom. The summed E-state index contributed by atoms with van der Waals surface area (Å²) in [6.45, 7) is 1.27. The van der Waals surface area contributed by atoms with E-state index < -0.39 is 10.0 Å². The summed E-state index contributed by atoms with van der Waals surface area (Å²) in [6, 6.07) is 1.82. The molecule has 12 heteroatoms. The van der Waals surface area contributed by atoms with Crippen LogP contribution in [0.3, 0.4) is 0 Å². The normalized spacial score (nSPS) is 10.9. The molecule has 10 nitrogen and oxygen atoms in total. The van der Waals surface area contributed by atoms with E-state index in [0.29, 0.717) is 11.3 Å². The zero-order chi connectivity index (χ0) is 15.6. The molecule has 0 atom stereocenters. The van der Waals surface area contributed by atoms with Crippen LogP contribution in [0, 0.1) is 11.3 Å². The van der Waals surface area contributed by atoms with Crippen LogP contribution in [0.25, 0.3) is 0 Å². The molecule has 0 bridgehead atoms. The molecule has 0 fully saturated rings. The zero-order valence-electron chi connectivity index (χ0n) is 10.9. The molecule has 1 amide bonds. The molecule has 110 valence electrons. The van der Waals surface area contributed by atoms with Crippen molar-refractivity contribution in [2.45, 2.75) is 11.3 Å². The minimum Gasteiger partial charge on any atom is -0.301 e. The van der Waals surface area contributed by atoms with Crippen molar-refractivity contribution in [1.82, 2.24) is 20.0 Å². The third kappa shape index (κ3) is 3.15. The number of carbonyl (C=O) groups is 1. The van der Waals surface area contributed by atoms with Gasteiger partial charge in [-0.2, -0.15) is 18.8 Å². The van der Waals surface area contributed by atoms with Crippen LogP contribution < -0.4 is 10.0 Å². The molecule has 0 aliphatic rings. The Kier molecular flexibility index (Phi) is 3.87. The molecule has 0 aliphatic heterocycles. The highest BCUT2D eigenvalue weighted by molar-refractivity contribution is 7.94. The fourth-order valence-electron chi connectivity index (χ4n) is 1.33. The molecule has 0 aromatic carbocycles. The van der Waals surface area contributed by atoms with Crippen LogP contribution >= 0.6 is 11.3 Å². The van der Waals surface area contributed by atoms with Crippen molar-refractivity contribution in [3.63, 3.8) is 0 Å². The summed E-state index contributed by atoms with van der Waals surface area (Å²) in [7, 11) is -2.53. The van der Waals surface area contributed by atoms with Gasteiger partial charge in [0.25, 0.3) is 14.4 Å².